The van der Waals surface area contributed by atoms with Crippen LogP contribution in [0.4, 0.5) is 0 Å². The van der Waals surface area contributed by atoms with Crippen LogP contribution in [0.5, 0.6) is 0 Å². The largest absolute Gasteiger partial charge is 0.507 e. The average Bonchev–Trinajstić information content (AvgIpc) is 1.39. The van der Waals surface area contributed by atoms with Crippen molar-refractivity contribution in [2.24, 2.45) is 0 Å². The van der Waals surface area contributed by atoms with Crippen LogP contribution in [0.25, 0.3) is 0 Å². The smallest absolute Gasteiger partial charge is 0 e. The first kappa shape index (κ1) is 15.7. The molecule has 0 atom stereocenters. The molecule has 0 bridgehead atoms. The summed E-state index contributed by atoms with van der Waals surface area (Å²) < 4.78 is 0. The normalized spacial score (nSPS) is 4.43. The van der Waals surface area contributed by atoms with Crippen molar-refractivity contribution in [3.8, 4) is 0 Å². The molecule has 0 fully saturated rings. The molecule has 0 rings (SSSR count). The van der Waals surface area contributed by atoms with Crippen molar-refractivity contribution in [3.05, 3.63) is 19.6 Å². The summed E-state index contributed by atoms with van der Waals surface area (Å²) in [6.45, 7) is 10.5. The van der Waals surface area contributed by atoms with Gasteiger partial charge in [0, 0.05) is 32.7 Å². The van der Waals surface area contributed by atoms with Crippen LogP contribution >= 0.6 is 0 Å². The Morgan fingerprint density at radius 2 is 1.71 bits per heavy atom. The second-order valence-electron chi connectivity index (χ2n) is 0.854. The summed E-state index contributed by atoms with van der Waals surface area (Å²) in [4.78, 5) is 0. The van der Waals surface area contributed by atoms with Gasteiger partial charge in [0.25, 0.3) is 0 Å². The fourth-order valence-corrected chi connectivity index (χ4v) is 0. The van der Waals surface area contributed by atoms with Crippen LogP contribution in [0.1, 0.15) is 20.3 Å². The van der Waals surface area contributed by atoms with Crippen molar-refractivity contribution in [1.29, 1.82) is 0 Å². The van der Waals surface area contributed by atoms with Crippen LogP contribution in [-0.2, 0) is 32.7 Å². The van der Waals surface area contributed by atoms with Gasteiger partial charge in [-0.3, -0.25) is 6.58 Å². The molecule has 0 aromatic carbocycles. The van der Waals surface area contributed by atoms with Crippen LogP contribution in [0.3, 0.4) is 0 Å². The van der Waals surface area contributed by atoms with Crippen molar-refractivity contribution in [3.63, 3.8) is 0 Å². The molecule has 0 aromatic heterocycles. The number of allylic oxidation sites excluding steroid dienone is 1. The molecule has 7 heavy (non-hydrogen) atoms. The molecule has 0 aliphatic heterocycles. The predicted molar refractivity (Wildman–Crippen MR) is 30.2 cm³/mol. The second kappa shape index (κ2) is 28.9. The Hall–Kier alpha value is 0.844. The van der Waals surface area contributed by atoms with Crippen molar-refractivity contribution in [1.82, 2.24) is 0 Å². The van der Waals surface area contributed by atoms with Crippen molar-refractivity contribution in [2.45, 2.75) is 20.3 Å². The van der Waals surface area contributed by atoms with E-state index >= 15 is 0 Å². The van der Waals surface area contributed by atoms with E-state index in [4.69, 9.17) is 0 Å². The van der Waals surface area contributed by atoms with Gasteiger partial charge in [0.05, 0.1) is 0 Å². The summed E-state index contributed by atoms with van der Waals surface area (Å²) in [5, 5.41) is 0. The predicted octanol–water partition coefficient (Wildman–Crippen LogP) is 2.22. The van der Waals surface area contributed by atoms with E-state index in [-0.39, 0.29) is 32.7 Å². The Kier molecular flexibility index (Phi) is 64.6. The molecule has 0 aliphatic carbocycles. The van der Waals surface area contributed by atoms with Gasteiger partial charge in [-0.1, -0.05) is 6.92 Å². The zero-order chi connectivity index (χ0) is 5.41. The van der Waals surface area contributed by atoms with E-state index < -0.39 is 0 Å². The topological polar surface area (TPSA) is 0 Å². The van der Waals surface area contributed by atoms with E-state index in [1.54, 1.807) is 6.92 Å². The van der Waals surface area contributed by atoms with Gasteiger partial charge in [0.2, 0.25) is 0 Å². The number of hydrogen-bond donors (Lipinski definition) is 0. The molecular weight excluding hydrogens is 161 g/mol. The van der Waals surface area contributed by atoms with Crippen molar-refractivity contribution in [2.75, 3.05) is 0 Å². The molecule has 1 heteroatoms. The van der Waals surface area contributed by atoms with Gasteiger partial charge in [0.1, 0.15) is 0 Å². The Labute approximate surface area is 72.3 Å². The van der Waals surface area contributed by atoms with E-state index in [1.807, 2.05) is 6.92 Å². The average molecular weight is 173 g/mol. The van der Waals surface area contributed by atoms with Crippen LogP contribution in [0, 0.1) is 13.0 Å². The third-order valence-electron chi connectivity index (χ3n) is 0. The van der Waals surface area contributed by atoms with Crippen LogP contribution in [0.2, 0.25) is 0 Å². The maximum absolute atomic E-state index is 3.49. The fraction of sp³-hybridized carbons (Fsp3) is 0.500. The minimum Gasteiger partial charge on any atom is -0.507 e. The molecule has 0 saturated carbocycles. The van der Waals surface area contributed by atoms with Gasteiger partial charge in [0.15, 0.2) is 0 Å². The fourth-order valence-electron chi connectivity index (χ4n) is 0. The Bertz CT molecular complexity index is 18.1. The number of hydrogen-bond acceptors (Lipinski definition) is 0. The van der Waals surface area contributed by atoms with E-state index in [0.29, 0.717) is 0 Å². The maximum atomic E-state index is 3.49. The van der Waals surface area contributed by atoms with E-state index in [1.165, 1.54) is 0 Å². The van der Waals surface area contributed by atoms with Gasteiger partial charge in [-0.05, 0) is 0 Å². The molecule has 0 N–H and O–H groups in total. The monoisotopic (exact) mass is 173 g/mol. The zero-order valence-corrected chi connectivity index (χ0v) is 8.04. The van der Waals surface area contributed by atoms with Gasteiger partial charge in [-0.25, -0.2) is 0 Å². The third-order valence-corrected chi connectivity index (χ3v) is 0. The molecular formula is C6H12Y-2. The van der Waals surface area contributed by atoms with Crippen LogP contribution < -0.4 is 0 Å². The standard InChI is InChI=1S/C3H7.C3H5.Y/c2*1-3-2;/h1,3H2,2H3;1H2,2H3;/q2*-1;. The minimum absolute atomic E-state index is 0. The van der Waals surface area contributed by atoms with E-state index in [9.17, 15) is 0 Å². The van der Waals surface area contributed by atoms with Gasteiger partial charge >= 0.3 is 0 Å². The number of rotatable bonds is 0. The summed E-state index contributed by atoms with van der Waals surface area (Å²) in [6.07, 6.45) is 3.50. The molecule has 0 amide bonds. The second-order valence-corrected chi connectivity index (χ2v) is 0.854. The van der Waals surface area contributed by atoms with Gasteiger partial charge in [-0.15, -0.1) is 0 Å². The summed E-state index contributed by atoms with van der Waals surface area (Å²) in [5.74, 6) is 0. The Morgan fingerprint density at radius 3 is 1.71 bits per heavy atom. The Balaban J connectivity index is -0.0000000400. The van der Waals surface area contributed by atoms with Gasteiger partial charge < -0.3 is 13.0 Å². The Morgan fingerprint density at radius 1 is 1.71 bits per heavy atom. The molecule has 0 aliphatic rings. The SMILES string of the molecule is C=[C-]C.[CH2-]CC.[Y]. The van der Waals surface area contributed by atoms with Crippen LogP contribution in [0.15, 0.2) is 6.58 Å². The summed E-state index contributed by atoms with van der Waals surface area (Å²) in [6, 6.07) is 0. The molecule has 0 heterocycles. The molecule has 0 saturated heterocycles. The maximum Gasteiger partial charge on any atom is 0 e. The summed E-state index contributed by atoms with van der Waals surface area (Å²) in [5.41, 5.74) is 0. The zero-order valence-electron chi connectivity index (χ0n) is 5.20. The minimum atomic E-state index is 0. The molecule has 0 nitrogen and oxygen atoms in total. The molecule has 0 aromatic rings. The van der Waals surface area contributed by atoms with Gasteiger partial charge in [-0.2, -0.15) is 13.3 Å². The first-order valence-corrected chi connectivity index (χ1v) is 2.06. The third kappa shape index (κ3) is 225. The first-order valence-electron chi connectivity index (χ1n) is 2.06. The summed E-state index contributed by atoms with van der Waals surface area (Å²) >= 11 is 0. The summed E-state index contributed by atoms with van der Waals surface area (Å²) in [7, 11) is 0. The molecule has 0 unspecified atom stereocenters. The van der Waals surface area contributed by atoms with E-state index in [2.05, 4.69) is 19.6 Å². The molecule has 41 valence electrons. The van der Waals surface area contributed by atoms with E-state index in [0.717, 1.165) is 6.42 Å². The van der Waals surface area contributed by atoms with Crippen molar-refractivity contribution >= 4 is 0 Å². The molecule has 1 radical (unpaired) electrons. The first-order chi connectivity index (χ1) is 2.83. The van der Waals surface area contributed by atoms with Crippen LogP contribution in [-0.4, -0.2) is 0 Å². The quantitative estimate of drug-likeness (QED) is 0.492. The molecule has 0 spiro atoms. The van der Waals surface area contributed by atoms with Crippen molar-refractivity contribution < 1.29 is 32.7 Å².